The molecule has 4 heterocycles. The molecule has 10 atom stereocenters. The molecule has 3 aliphatic carbocycles. The summed E-state index contributed by atoms with van der Waals surface area (Å²) in [5.74, 6) is 1.96. The lowest BCUT2D eigenvalue weighted by Crippen LogP contribution is -2.70. The van der Waals surface area contributed by atoms with Crippen LogP contribution < -0.4 is 0 Å². The van der Waals surface area contributed by atoms with E-state index in [2.05, 4.69) is 6.92 Å². The largest absolute Gasteiger partial charge is 0.469 e. The lowest BCUT2D eigenvalue weighted by molar-refractivity contribution is -0.985. The van der Waals surface area contributed by atoms with Crippen molar-refractivity contribution in [3.05, 3.63) is 11.1 Å². The second-order valence-corrected chi connectivity index (χ2v) is 11.5. The summed E-state index contributed by atoms with van der Waals surface area (Å²) in [6, 6.07) is 0.503. The third-order valence-corrected chi connectivity index (χ3v) is 11.7. The van der Waals surface area contributed by atoms with E-state index in [1.165, 1.54) is 32.4 Å². The van der Waals surface area contributed by atoms with E-state index in [1.54, 1.807) is 18.3 Å². The summed E-state index contributed by atoms with van der Waals surface area (Å²) < 4.78 is 13.2. The average molecular weight is 401 g/mol. The molecule has 0 radical (unpaired) electrons. The van der Waals surface area contributed by atoms with Crippen LogP contribution in [0.3, 0.4) is 0 Å². The summed E-state index contributed by atoms with van der Waals surface area (Å²) in [6.45, 7) is 5.05. The van der Waals surface area contributed by atoms with E-state index in [4.69, 9.17) is 9.47 Å². The normalized spacial score (nSPS) is 60.1. The topological polar surface area (TPSA) is 55.8 Å². The number of aliphatic hydroxyl groups is 1. The maximum absolute atomic E-state index is 13.0. The number of quaternary nitrogens is 1. The van der Waals surface area contributed by atoms with Gasteiger partial charge in [-0.25, -0.2) is 0 Å². The molecule has 7 aliphatic rings. The van der Waals surface area contributed by atoms with Crippen molar-refractivity contribution in [1.29, 1.82) is 0 Å². The third kappa shape index (κ3) is 1.33. The van der Waals surface area contributed by atoms with E-state index >= 15 is 0 Å². The third-order valence-electron chi connectivity index (χ3n) is 11.7. The van der Waals surface area contributed by atoms with Crippen molar-refractivity contribution in [1.82, 2.24) is 0 Å². The van der Waals surface area contributed by atoms with Crippen LogP contribution in [0.25, 0.3) is 0 Å². The van der Waals surface area contributed by atoms with E-state index in [0.29, 0.717) is 29.7 Å². The Hall–Kier alpha value is -0.910. The standard InChI is InChI=1S/C24H34NO4/c1-13-10-25-11-15-6-4-14-5-7-16-17(21(27)28-2)9-23(20(14)16)22(15,12-26)19(25)8-18(13)24(23,25)29-3/h13,15-19,26H,4-12H2,1-3H3/q+1/t13?,15-,16+,17+,18+,19-,22+,23+,24+,25?/m1/s1. The van der Waals surface area contributed by atoms with Crippen LogP contribution >= 0.6 is 0 Å². The van der Waals surface area contributed by atoms with Crippen LogP contribution in [0.2, 0.25) is 0 Å². The van der Waals surface area contributed by atoms with Gasteiger partial charge in [-0.2, -0.15) is 0 Å². The van der Waals surface area contributed by atoms with Crippen molar-refractivity contribution in [2.75, 3.05) is 33.9 Å². The number of rotatable bonds is 3. The van der Waals surface area contributed by atoms with Crippen LogP contribution in [0.15, 0.2) is 11.1 Å². The van der Waals surface area contributed by atoms with Gasteiger partial charge in [-0.1, -0.05) is 18.1 Å². The molecule has 0 amide bonds. The molecule has 158 valence electrons. The Labute approximate surface area is 173 Å². The molecule has 29 heavy (non-hydrogen) atoms. The summed E-state index contributed by atoms with van der Waals surface area (Å²) >= 11 is 0. The van der Waals surface area contributed by atoms with Gasteiger partial charge in [0.05, 0.1) is 49.5 Å². The van der Waals surface area contributed by atoms with Crippen LogP contribution in [-0.4, -0.2) is 61.2 Å². The number of esters is 1. The van der Waals surface area contributed by atoms with Gasteiger partial charge in [0.2, 0.25) is 5.72 Å². The van der Waals surface area contributed by atoms with Crippen LogP contribution in [0.1, 0.15) is 45.4 Å². The van der Waals surface area contributed by atoms with Gasteiger partial charge in [-0.15, -0.1) is 0 Å². The molecule has 5 heteroatoms. The second kappa shape index (κ2) is 4.94. The van der Waals surface area contributed by atoms with Gasteiger partial charge < -0.3 is 14.6 Å². The molecule has 5 fully saturated rings. The van der Waals surface area contributed by atoms with Crippen LogP contribution in [-0.2, 0) is 14.3 Å². The summed E-state index contributed by atoms with van der Waals surface area (Å²) in [4.78, 5) is 13.0. The Bertz CT molecular complexity index is 869. The van der Waals surface area contributed by atoms with Gasteiger partial charge in [0.15, 0.2) is 0 Å². The molecule has 4 saturated heterocycles. The SMILES string of the molecule is COC(=O)[C@H]1C[C@]23C4=C(CC[C@@H]5C[N+]67CC(C)[C@H](C[C@@H]6[C@]52CO)[C@]37OC)CC[C@H]41. The van der Waals surface area contributed by atoms with E-state index in [0.717, 1.165) is 23.7 Å². The molecule has 5 nitrogen and oxygen atoms in total. The Morgan fingerprint density at radius 1 is 1.24 bits per heavy atom. The minimum atomic E-state index is -0.243. The van der Waals surface area contributed by atoms with Crippen LogP contribution in [0.5, 0.6) is 0 Å². The molecule has 5 bridgehead atoms. The van der Waals surface area contributed by atoms with Crippen molar-refractivity contribution in [3.8, 4) is 0 Å². The fraction of sp³-hybridized carbons (Fsp3) is 0.875. The van der Waals surface area contributed by atoms with Crippen molar-refractivity contribution >= 4 is 5.97 Å². The van der Waals surface area contributed by atoms with Gasteiger partial charge in [0.25, 0.3) is 0 Å². The molecule has 1 saturated carbocycles. The molecule has 0 aromatic rings. The van der Waals surface area contributed by atoms with E-state index < -0.39 is 0 Å². The molecule has 1 N–H and O–H groups in total. The summed E-state index contributed by atoms with van der Waals surface area (Å²) in [5, 5.41) is 11.2. The highest BCUT2D eigenvalue weighted by molar-refractivity contribution is 5.75. The number of ether oxygens (including phenoxy) is 2. The Kier molecular flexibility index (Phi) is 3.02. The number of carbonyl (C=O) groups excluding carboxylic acids is 1. The quantitative estimate of drug-likeness (QED) is 0.449. The van der Waals surface area contributed by atoms with Gasteiger partial charge in [-0.3, -0.25) is 9.28 Å². The Balaban J connectivity index is 1.58. The first kappa shape index (κ1) is 17.7. The van der Waals surface area contributed by atoms with Gasteiger partial charge in [0, 0.05) is 25.4 Å². The van der Waals surface area contributed by atoms with E-state index in [-0.39, 0.29) is 35.0 Å². The fourth-order valence-electron chi connectivity index (χ4n) is 11.7. The molecule has 2 spiro atoms. The number of allylic oxidation sites excluding steroid dienone is 1. The van der Waals surface area contributed by atoms with Gasteiger partial charge in [0.1, 0.15) is 6.04 Å². The van der Waals surface area contributed by atoms with Crippen molar-refractivity contribution in [3.63, 3.8) is 0 Å². The van der Waals surface area contributed by atoms with Crippen LogP contribution in [0, 0.1) is 40.4 Å². The molecule has 0 aromatic carbocycles. The summed E-state index contributed by atoms with van der Waals surface area (Å²) in [6.07, 6.45) is 6.64. The zero-order chi connectivity index (χ0) is 20.0. The highest BCUT2D eigenvalue weighted by Gasteiger charge is 2.99. The number of hydrogen-bond acceptors (Lipinski definition) is 4. The molecular weight excluding hydrogens is 366 g/mol. The van der Waals surface area contributed by atoms with Crippen molar-refractivity contribution in [2.45, 2.75) is 57.2 Å². The van der Waals surface area contributed by atoms with E-state index in [9.17, 15) is 9.90 Å². The summed E-state index contributed by atoms with van der Waals surface area (Å²) in [5.41, 5.74) is 2.68. The molecular formula is C24H34NO4+. The molecule has 2 unspecified atom stereocenters. The zero-order valence-electron chi connectivity index (χ0n) is 17.9. The highest BCUT2D eigenvalue weighted by Crippen LogP contribution is 2.88. The minimum Gasteiger partial charge on any atom is -0.469 e. The zero-order valence-corrected chi connectivity index (χ0v) is 17.9. The number of aliphatic hydroxyl groups excluding tert-OH is 1. The average Bonchev–Trinajstić information content (AvgIpc) is 3.47. The van der Waals surface area contributed by atoms with Crippen LogP contribution in [0.4, 0.5) is 0 Å². The summed E-state index contributed by atoms with van der Waals surface area (Å²) in [7, 11) is 3.49. The number of piperidine rings is 2. The number of methoxy groups -OCH3 is 2. The number of carbonyl (C=O) groups is 1. The van der Waals surface area contributed by atoms with Crippen molar-refractivity contribution in [2.24, 2.45) is 40.4 Å². The molecule has 4 aliphatic heterocycles. The molecule has 0 aromatic heterocycles. The smallest absolute Gasteiger partial charge is 0.309 e. The second-order valence-electron chi connectivity index (χ2n) is 11.5. The Morgan fingerprint density at radius 2 is 2.03 bits per heavy atom. The fourth-order valence-corrected chi connectivity index (χ4v) is 11.7. The Morgan fingerprint density at radius 3 is 2.76 bits per heavy atom. The highest BCUT2D eigenvalue weighted by atomic mass is 16.5. The van der Waals surface area contributed by atoms with E-state index in [1.807, 2.05) is 7.11 Å². The number of hydrogen-bond donors (Lipinski definition) is 1. The lowest BCUT2D eigenvalue weighted by atomic mass is 9.45. The predicted octanol–water partition coefficient (Wildman–Crippen LogP) is 2.49. The monoisotopic (exact) mass is 400 g/mol. The molecule has 7 rings (SSSR count). The first-order valence-corrected chi connectivity index (χ1v) is 11.8. The van der Waals surface area contributed by atoms with Gasteiger partial charge in [-0.05, 0) is 38.0 Å². The first-order chi connectivity index (χ1) is 14.0. The first-order valence-electron chi connectivity index (χ1n) is 11.8. The van der Waals surface area contributed by atoms with Gasteiger partial charge >= 0.3 is 5.97 Å². The number of nitrogens with zero attached hydrogens (tertiary/aromatic N) is 1. The maximum Gasteiger partial charge on any atom is 0.309 e. The van der Waals surface area contributed by atoms with Crippen molar-refractivity contribution < 1.29 is 23.9 Å². The maximum atomic E-state index is 13.0. The minimum absolute atomic E-state index is 0.0360. The predicted molar refractivity (Wildman–Crippen MR) is 105 cm³/mol. The lowest BCUT2D eigenvalue weighted by Gasteiger charge is -2.58.